The van der Waals surface area contributed by atoms with E-state index in [9.17, 15) is 9.18 Å². The van der Waals surface area contributed by atoms with Crippen LogP contribution in [0, 0.1) is 5.82 Å². The van der Waals surface area contributed by atoms with Crippen molar-refractivity contribution in [2.75, 3.05) is 5.75 Å². The largest absolute Gasteiger partial charge is 0.481 e. The number of benzene rings is 1. The van der Waals surface area contributed by atoms with Crippen molar-refractivity contribution in [3.8, 4) is 5.69 Å². The van der Waals surface area contributed by atoms with E-state index in [0.717, 1.165) is 29.6 Å². The zero-order chi connectivity index (χ0) is 13.8. The highest BCUT2D eigenvalue weighted by Gasteiger charge is 2.12. The van der Waals surface area contributed by atoms with Crippen molar-refractivity contribution in [3.63, 3.8) is 0 Å². The van der Waals surface area contributed by atoms with Gasteiger partial charge in [0.25, 0.3) is 0 Å². The highest BCUT2D eigenvalue weighted by atomic mass is 32.2. The van der Waals surface area contributed by atoms with E-state index in [1.165, 1.54) is 12.1 Å². The Morgan fingerprint density at radius 1 is 1.42 bits per heavy atom. The first-order valence-electron chi connectivity index (χ1n) is 5.79. The van der Waals surface area contributed by atoms with Crippen molar-refractivity contribution in [1.82, 2.24) is 9.55 Å². The molecule has 2 rings (SSSR count). The van der Waals surface area contributed by atoms with Crippen LogP contribution in [0.1, 0.15) is 12.6 Å². The molecule has 1 aromatic heterocycles. The van der Waals surface area contributed by atoms with Crippen molar-refractivity contribution in [1.29, 1.82) is 0 Å². The van der Waals surface area contributed by atoms with Crippen molar-refractivity contribution in [2.45, 2.75) is 18.5 Å². The molecule has 6 heteroatoms. The fraction of sp³-hybridized carbons (Fsp3) is 0.231. The SMILES string of the molecule is CCc1cnc(SCC(=O)O)n1-c1ccc(F)cc1. The summed E-state index contributed by atoms with van der Waals surface area (Å²) in [6, 6.07) is 6.06. The third-order valence-electron chi connectivity index (χ3n) is 2.57. The molecule has 0 aliphatic rings. The van der Waals surface area contributed by atoms with Gasteiger partial charge >= 0.3 is 5.97 Å². The minimum Gasteiger partial charge on any atom is -0.481 e. The normalized spacial score (nSPS) is 10.6. The van der Waals surface area contributed by atoms with E-state index in [1.54, 1.807) is 18.3 Å². The minimum atomic E-state index is -0.892. The molecule has 19 heavy (non-hydrogen) atoms. The van der Waals surface area contributed by atoms with E-state index in [0.29, 0.717) is 5.16 Å². The molecule has 0 saturated carbocycles. The second-order valence-electron chi connectivity index (χ2n) is 3.88. The van der Waals surface area contributed by atoms with Gasteiger partial charge < -0.3 is 5.11 Å². The molecule has 0 amide bonds. The van der Waals surface area contributed by atoms with Crippen LogP contribution in [0.15, 0.2) is 35.6 Å². The summed E-state index contributed by atoms with van der Waals surface area (Å²) in [5.41, 5.74) is 1.74. The fourth-order valence-electron chi connectivity index (χ4n) is 1.71. The van der Waals surface area contributed by atoms with Gasteiger partial charge in [0.15, 0.2) is 5.16 Å². The predicted octanol–water partition coefficient (Wildman–Crippen LogP) is 2.75. The number of nitrogens with zero attached hydrogens (tertiary/aromatic N) is 2. The van der Waals surface area contributed by atoms with E-state index in [1.807, 2.05) is 11.5 Å². The number of hydrogen-bond acceptors (Lipinski definition) is 3. The van der Waals surface area contributed by atoms with Gasteiger partial charge in [-0.15, -0.1) is 0 Å². The molecule has 0 radical (unpaired) electrons. The number of carboxylic acids is 1. The quantitative estimate of drug-likeness (QED) is 0.856. The fourth-order valence-corrected chi connectivity index (χ4v) is 2.44. The molecular formula is C13H13FN2O2S. The Kier molecular flexibility index (Phi) is 4.21. The number of imidazole rings is 1. The topological polar surface area (TPSA) is 55.1 Å². The highest BCUT2D eigenvalue weighted by Crippen LogP contribution is 2.23. The predicted molar refractivity (Wildman–Crippen MR) is 71.3 cm³/mol. The summed E-state index contributed by atoms with van der Waals surface area (Å²) in [4.78, 5) is 14.9. The highest BCUT2D eigenvalue weighted by molar-refractivity contribution is 7.99. The number of carboxylic acid groups (broad SMARTS) is 1. The number of aromatic nitrogens is 2. The van der Waals surface area contributed by atoms with Crippen molar-refractivity contribution in [3.05, 3.63) is 42.0 Å². The molecular weight excluding hydrogens is 267 g/mol. The van der Waals surface area contributed by atoms with Crippen LogP contribution in [0.5, 0.6) is 0 Å². The Morgan fingerprint density at radius 2 is 2.11 bits per heavy atom. The lowest BCUT2D eigenvalue weighted by Crippen LogP contribution is -2.04. The van der Waals surface area contributed by atoms with Gasteiger partial charge in [-0.3, -0.25) is 9.36 Å². The first kappa shape index (κ1) is 13.6. The maximum atomic E-state index is 13.0. The van der Waals surface area contributed by atoms with Crippen LogP contribution in [0.4, 0.5) is 4.39 Å². The number of halogens is 1. The maximum Gasteiger partial charge on any atom is 0.313 e. The van der Waals surface area contributed by atoms with Crippen LogP contribution in [0.2, 0.25) is 0 Å². The lowest BCUT2D eigenvalue weighted by atomic mass is 10.3. The summed E-state index contributed by atoms with van der Waals surface area (Å²) in [5, 5.41) is 9.33. The molecule has 0 saturated heterocycles. The second-order valence-corrected chi connectivity index (χ2v) is 4.82. The van der Waals surface area contributed by atoms with E-state index in [4.69, 9.17) is 5.11 Å². The average molecular weight is 280 g/mol. The van der Waals surface area contributed by atoms with Crippen LogP contribution in [0.3, 0.4) is 0 Å². The summed E-state index contributed by atoms with van der Waals surface area (Å²) in [6.07, 6.45) is 2.48. The first-order chi connectivity index (χ1) is 9.11. The van der Waals surface area contributed by atoms with Crippen molar-refractivity contribution >= 4 is 17.7 Å². The van der Waals surface area contributed by atoms with Gasteiger partial charge in [0, 0.05) is 17.6 Å². The molecule has 0 fully saturated rings. The van der Waals surface area contributed by atoms with Gasteiger partial charge in [0.1, 0.15) is 5.82 Å². The lowest BCUT2D eigenvalue weighted by Gasteiger charge is -2.10. The Labute approximate surface area is 114 Å². The molecule has 100 valence electrons. The molecule has 0 spiro atoms. The van der Waals surface area contributed by atoms with E-state index in [2.05, 4.69) is 4.98 Å². The monoisotopic (exact) mass is 280 g/mol. The minimum absolute atomic E-state index is 0.0542. The number of aryl methyl sites for hydroxylation is 1. The lowest BCUT2D eigenvalue weighted by molar-refractivity contribution is -0.133. The second kappa shape index (κ2) is 5.88. The van der Waals surface area contributed by atoms with E-state index < -0.39 is 5.97 Å². The molecule has 4 nitrogen and oxygen atoms in total. The standard InChI is InChI=1S/C13H13FN2O2S/c1-2-10-7-15-13(19-8-12(17)18)16(10)11-5-3-9(14)4-6-11/h3-7H,2,8H2,1H3,(H,17,18). The number of thioether (sulfide) groups is 1. The van der Waals surface area contributed by atoms with E-state index in [-0.39, 0.29) is 11.6 Å². The molecule has 1 aromatic carbocycles. The van der Waals surface area contributed by atoms with Crippen LogP contribution >= 0.6 is 11.8 Å². The van der Waals surface area contributed by atoms with Gasteiger partial charge in [0.05, 0.1) is 5.75 Å². The Hall–Kier alpha value is -1.82. The summed E-state index contributed by atoms with van der Waals surface area (Å²) < 4.78 is 14.8. The van der Waals surface area contributed by atoms with Gasteiger partial charge in [-0.2, -0.15) is 0 Å². The van der Waals surface area contributed by atoms with Gasteiger partial charge in [-0.1, -0.05) is 18.7 Å². The van der Waals surface area contributed by atoms with Gasteiger partial charge in [0.2, 0.25) is 0 Å². The molecule has 0 unspecified atom stereocenters. The molecule has 0 aliphatic carbocycles. The Bertz CT molecular complexity index is 581. The number of rotatable bonds is 5. The van der Waals surface area contributed by atoms with Crippen LogP contribution in [-0.2, 0) is 11.2 Å². The summed E-state index contributed by atoms with van der Waals surface area (Å²) in [5.74, 6) is -1.25. The summed E-state index contributed by atoms with van der Waals surface area (Å²) >= 11 is 1.15. The third-order valence-corrected chi connectivity index (χ3v) is 3.51. The molecule has 0 atom stereocenters. The van der Waals surface area contributed by atoms with Crippen molar-refractivity contribution < 1.29 is 14.3 Å². The molecule has 2 aromatic rings. The molecule has 0 aliphatic heterocycles. The number of hydrogen-bond donors (Lipinski definition) is 1. The van der Waals surface area contributed by atoms with Gasteiger partial charge in [-0.25, -0.2) is 9.37 Å². The molecule has 1 heterocycles. The Balaban J connectivity index is 2.38. The van der Waals surface area contributed by atoms with E-state index >= 15 is 0 Å². The molecule has 0 bridgehead atoms. The van der Waals surface area contributed by atoms with Crippen LogP contribution in [-0.4, -0.2) is 26.4 Å². The third kappa shape index (κ3) is 3.14. The molecule has 1 N–H and O–H groups in total. The smallest absolute Gasteiger partial charge is 0.313 e. The number of aliphatic carboxylic acids is 1. The van der Waals surface area contributed by atoms with Crippen molar-refractivity contribution in [2.24, 2.45) is 0 Å². The maximum absolute atomic E-state index is 13.0. The first-order valence-corrected chi connectivity index (χ1v) is 6.77. The Morgan fingerprint density at radius 3 is 2.68 bits per heavy atom. The summed E-state index contributed by atoms with van der Waals surface area (Å²) in [7, 11) is 0. The zero-order valence-corrected chi connectivity index (χ0v) is 11.2. The van der Waals surface area contributed by atoms with Gasteiger partial charge in [-0.05, 0) is 30.7 Å². The number of carbonyl (C=O) groups is 1. The van der Waals surface area contributed by atoms with Crippen LogP contribution < -0.4 is 0 Å². The average Bonchev–Trinajstić information content (AvgIpc) is 2.80. The zero-order valence-electron chi connectivity index (χ0n) is 10.3. The summed E-state index contributed by atoms with van der Waals surface area (Å²) in [6.45, 7) is 1.99. The van der Waals surface area contributed by atoms with Crippen LogP contribution in [0.25, 0.3) is 5.69 Å².